The van der Waals surface area contributed by atoms with Crippen molar-refractivity contribution >= 4 is 0 Å². The van der Waals surface area contributed by atoms with Crippen molar-refractivity contribution in [3.05, 3.63) is 0 Å². The van der Waals surface area contributed by atoms with Gasteiger partial charge in [0.2, 0.25) is 0 Å². The van der Waals surface area contributed by atoms with Gasteiger partial charge in [0, 0.05) is 0 Å². The average Bonchev–Trinajstić information content (AvgIpc) is 2.99. The number of rotatable bonds is 1. The van der Waals surface area contributed by atoms with E-state index in [0.717, 1.165) is 35.5 Å². The van der Waals surface area contributed by atoms with E-state index < -0.39 is 0 Å². The fraction of sp³-hybridized carbons (Fsp3) is 1.00. The van der Waals surface area contributed by atoms with Gasteiger partial charge in [-0.05, 0) is 127 Å². The molecule has 0 radical (unpaired) electrons. The van der Waals surface area contributed by atoms with Crippen molar-refractivity contribution < 1.29 is 0 Å². The monoisotopic (exact) mass is 412 g/mol. The molecule has 0 aliphatic heterocycles. The van der Waals surface area contributed by atoms with E-state index in [-0.39, 0.29) is 0 Å². The highest BCUT2D eigenvalue weighted by Crippen LogP contribution is 2.77. The summed E-state index contributed by atoms with van der Waals surface area (Å²) in [6.07, 6.45) is 16.7. The third-order valence-electron chi connectivity index (χ3n) is 13.6. The lowest BCUT2D eigenvalue weighted by Gasteiger charge is -2.72. The van der Waals surface area contributed by atoms with Gasteiger partial charge in [-0.25, -0.2) is 0 Å². The fourth-order valence-electron chi connectivity index (χ4n) is 12.1. The van der Waals surface area contributed by atoms with Crippen LogP contribution in [0.25, 0.3) is 0 Å². The lowest BCUT2D eigenvalue weighted by Crippen LogP contribution is -2.65. The molecular formula is C30H52. The molecule has 0 aromatic heterocycles. The van der Waals surface area contributed by atoms with Crippen molar-refractivity contribution in [3.8, 4) is 0 Å². The second kappa shape index (κ2) is 6.53. The molecule has 0 unspecified atom stereocenters. The van der Waals surface area contributed by atoms with Crippen LogP contribution in [0.2, 0.25) is 0 Å². The summed E-state index contributed by atoms with van der Waals surface area (Å²) in [6.45, 7) is 21.4. The highest BCUT2D eigenvalue weighted by Gasteiger charge is 2.69. The van der Waals surface area contributed by atoms with Crippen LogP contribution in [0.5, 0.6) is 0 Å². The standard InChI is InChI=1S/C30H52/c1-20(2)21-10-11-22-23-12-13-25-28(6)16-9-15-26(3,4)24(28)14-17-30(25,8)29(23,7)19-18-27(21,22)5/h20-25H,9-19H2,1-8H3/t21-,22+,23-,24+,25-,27-,28+,29-,30-/m1/s1. The quantitative estimate of drug-likeness (QED) is 0.402. The Balaban J connectivity index is 1.51. The zero-order valence-corrected chi connectivity index (χ0v) is 21.7. The van der Waals surface area contributed by atoms with Crippen LogP contribution in [0.1, 0.15) is 126 Å². The molecule has 9 atom stereocenters. The first kappa shape index (κ1) is 21.8. The molecule has 0 heterocycles. The lowest BCUT2D eigenvalue weighted by atomic mass is 9.32. The van der Waals surface area contributed by atoms with Crippen molar-refractivity contribution in [1.82, 2.24) is 0 Å². The molecule has 0 spiro atoms. The second-order valence-corrected chi connectivity index (χ2v) is 15.1. The molecule has 0 saturated heterocycles. The van der Waals surface area contributed by atoms with E-state index in [1.807, 2.05) is 0 Å². The normalized spacial score (nSPS) is 57.3. The van der Waals surface area contributed by atoms with Crippen molar-refractivity contribution in [2.24, 2.45) is 62.6 Å². The summed E-state index contributed by atoms with van der Waals surface area (Å²) >= 11 is 0. The molecule has 0 bridgehead atoms. The van der Waals surface area contributed by atoms with Crippen LogP contribution in [-0.2, 0) is 0 Å². The van der Waals surface area contributed by atoms with Gasteiger partial charge in [0.15, 0.2) is 0 Å². The van der Waals surface area contributed by atoms with E-state index in [1.54, 1.807) is 12.8 Å². The van der Waals surface area contributed by atoms with Gasteiger partial charge in [-0.3, -0.25) is 0 Å². The first-order chi connectivity index (χ1) is 13.9. The van der Waals surface area contributed by atoms with Gasteiger partial charge in [0.1, 0.15) is 0 Å². The molecular weight excluding hydrogens is 360 g/mol. The molecule has 5 fully saturated rings. The minimum atomic E-state index is 0.563. The van der Waals surface area contributed by atoms with Gasteiger partial charge in [0.05, 0.1) is 0 Å². The predicted molar refractivity (Wildman–Crippen MR) is 129 cm³/mol. The first-order valence-corrected chi connectivity index (χ1v) is 13.9. The zero-order chi connectivity index (χ0) is 21.7. The fourth-order valence-corrected chi connectivity index (χ4v) is 12.1. The molecule has 5 aliphatic carbocycles. The minimum Gasteiger partial charge on any atom is -0.0625 e. The Morgan fingerprint density at radius 3 is 1.97 bits per heavy atom. The van der Waals surface area contributed by atoms with Gasteiger partial charge in [-0.1, -0.05) is 61.8 Å². The molecule has 172 valence electrons. The van der Waals surface area contributed by atoms with Crippen LogP contribution in [0.15, 0.2) is 0 Å². The summed E-state index contributed by atoms with van der Waals surface area (Å²) in [7, 11) is 0. The molecule has 5 saturated carbocycles. The maximum Gasteiger partial charge on any atom is -0.0235 e. The van der Waals surface area contributed by atoms with Crippen LogP contribution in [0, 0.1) is 62.6 Å². The Labute approximate surface area is 188 Å². The molecule has 0 aromatic carbocycles. The molecule has 0 heteroatoms. The van der Waals surface area contributed by atoms with Crippen LogP contribution in [0.3, 0.4) is 0 Å². The van der Waals surface area contributed by atoms with Crippen LogP contribution >= 0.6 is 0 Å². The van der Waals surface area contributed by atoms with E-state index in [4.69, 9.17) is 0 Å². The molecule has 5 aliphatic rings. The van der Waals surface area contributed by atoms with Gasteiger partial charge >= 0.3 is 0 Å². The van der Waals surface area contributed by atoms with Crippen molar-refractivity contribution in [3.63, 3.8) is 0 Å². The zero-order valence-electron chi connectivity index (χ0n) is 21.7. The predicted octanol–water partition coefficient (Wildman–Crippen LogP) is 9.13. The van der Waals surface area contributed by atoms with Gasteiger partial charge in [0.25, 0.3) is 0 Å². The lowest BCUT2D eigenvalue weighted by molar-refractivity contribution is -0.235. The van der Waals surface area contributed by atoms with Crippen LogP contribution < -0.4 is 0 Å². The van der Waals surface area contributed by atoms with Crippen molar-refractivity contribution in [2.75, 3.05) is 0 Å². The highest BCUT2D eigenvalue weighted by atomic mass is 14.7. The first-order valence-electron chi connectivity index (χ1n) is 13.9. The van der Waals surface area contributed by atoms with E-state index in [0.29, 0.717) is 27.1 Å². The van der Waals surface area contributed by atoms with Crippen LogP contribution in [0.4, 0.5) is 0 Å². The average molecular weight is 413 g/mol. The Hall–Kier alpha value is 0. The molecule has 0 aromatic rings. The van der Waals surface area contributed by atoms with Gasteiger partial charge < -0.3 is 0 Å². The number of fused-ring (bicyclic) bond motifs is 7. The minimum absolute atomic E-state index is 0.563. The largest absolute Gasteiger partial charge is 0.0625 e. The third-order valence-corrected chi connectivity index (χ3v) is 13.6. The topological polar surface area (TPSA) is 0 Å². The Morgan fingerprint density at radius 2 is 1.27 bits per heavy atom. The molecule has 0 amide bonds. The summed E-state index contributed by atoms with van der Waals surface area (Å²) in [6, 6.07) is 0. The van der Waals surface area contributed by atoms with Crippen LogP contribution in [-0.4, -0.2) is 0 Å². The van der Waals surface area contributed by atoms with Crippen molar-refractivity contribution in [2.45, 2.75) is 126 Å². The van der Waals surface area contributed by atoms with E-state index in [1.165, 1.54) is 57.8 Å². The smallest absolute Gasteiger partial charge is 0.0235 e. The maximum absolute atomic E-state index is 2.81. The van der Waals surface area contributed by atoms with E-state index in [9.17, 15) is 0 Å². The summed E-state index contributed by atoms with van der Waals surface area (Å²) in [4.78, 5) is 0. The Morgan fingerprint density at radius 1 is 0.567 bits per heavy atom. The van der Waals surface area contributed by atoms with E-state index >= 15 is 0 Å². The van der Waals surface area contributed by atoms with Gasteiger partial charge in [-0.15, -0.1) is 0 Å². The highest BCUT2D eigenvalue weighted by molar-refractivity contribution is 5.18. The molecule has 0 nitrogen and oxygen atoms in total. The SMILES string of the molecule is CC(C)[C@H]1CC[C@H]2[C@H]3CC[C@@H]4[C@@]5(C)CCCC(C)(C)[C@@H]5CC[C@@]4(C)[C@]3(C)CC[C@]12C. The third kappa shape index (κ3) is 2.52. The molecule has 30 heavy (non-hydrogen) atoms. The number of hydrogen-bond donors (Lipinski definition) is 0. The number of hydrogen-bond acceptors (Lipinski definition) is 0. The molecule has 5 rings (SSSR count). The summed E-state index contributed by atoms with van der Waals surface area (Å²) < 4.78 is 0. The maximum atomic E-state index is 2.81. The Kier molecular flexibility index (Phi) is 4.75. The second-order valence-electron chi connectivity index (χ2n) is 15.1. The Bertz CT molecular complexity index is 688. The van der Waals surface area contributed by atoms with Crippen molar-refractivity contribution in [1.29, 1.82) is 0 Å². The van der Waals surface area contributed by atoms with Gasteiger partial charge in [-0.2, -0.15) is 0 Å². The van der Waals surface area contributed by atoms with E-state index in [2.05, 4.69) is 55.4 Å². The summed E-state index contributed by atoms with van der Waals surface area (Å²) in [5.74, 6) is 5.78. The molecule has 0 N–H and O–H groups in total. The summed E-state index contributed by atoms with van der Waals surface area (Å²) in [5, 5.41) is 0. The summed E-state index contributed by atoms with van der Waals surface area (Å²) in [5.41, 5.74) is 2.95.